The van der Waals surface area contributed by atoms with E-state index in [0.717, 1.165) is 38.5 Å². The number of aliphatic carboxylic acids is 1. The molecule has 0 unspecified atom stereocenters. The van der Waals surface area contributed by atoms with E-state index in [1.54, 1.807) is 0 Å². The van der Waals surface area contributed by atoms with Crippen LogP contribution in [0.4, 0.5) is 0 Å². The van der Waals surface area contributed by atoms with Crippen molar-refractivity contribution in [3.05, 3.63) is 0 Å². The standard InChI is InChI=1S/C32H61NO7/c1-6-8-10-12-14-15-16-17-19-20-22-30(34)39-27-28(40-31(35)23-21-18-13-11-9-7-2)26-38-25-24-29(32(36)37)33(3,4)5/h28-29H,6-27H2,1-5H3/p+1/t28-,29+/m1/s1. The summed E-state index contributed by atoms with van der Waals surface area (Å²) in [6, 6.07) is -0.604. The Kier molecular flexibility index (Phi) is 24.0. The summed E-state index contributed by atoms with van der Waals surface area (Å²) in [5.74, 6) is -1.48. The zero-order valence-electron chi connectivity index (χ0n) is 26.6. The highest BCUT2D eigenvalue weighted by atomic mass is 16.6. The lowest BCUT2D eigenvalue weighted by Crippen LogP contribution is -2.50. The summed E-state index contributed by atoms with van der Waals surface area (Å²) in [6.45, 7) is 4.64. The van der Waals surface area contributed by atoms with Gasteiger partial charge in [-0.1, -0.05) is 104 Å². The van der Waals surface area contributed by atoms with Gasteiger partial charge in [-0.2, -0.15) is 0 Å². The zero-order chi connectivity index (χ0) is 30.1. The Balaban J connectivity index is 4.45. The predicted octanol–water partition coefficient (Wildman–Crippen LogP) is 7.07. The van der Waals surface area contributed by atoms with E-state index >= 15 is 0 Å². The van der Waals surface area contributed by atoms with Gasteiger partial charge in [0, 0.05) is 19.3 Å². The van der Waals surface area contributed by atoms with E-state index in [0.29, 0.717) is 19.3 Å². The molecule has 0 heterocycles. The SMILES string of the molecule is CCCCCCCCCCCCC(=O)OC[C@@H](COCC[C@@H](C(=O)O)[N+](C)(C)C)OC(=O)CCCCCCCC. The molecule has 0 saturated carbocycles. The quantitative estimate of drug-likeness (QED) is 0.0608. The van der Waals surface area contributed by atoms with Gasteiger partial charge in [0.15, 0.2) is 12.1 Å². The highest BCUT2D eigenvalue weighted by Crippen LogP contribution is 2.13. The van der Waals surface area contributed by atoms with Crippen molar-refractivity contribution in [2.24, 2.45) is 0 Å². The molecule has 0 fully saturated rings. The predicted molar refractivity (Wildman–Crippen MR) is 160 cm³/mol. The number of nitrogens with zero attached hydrogens (tertiary/aromatic N) is 1. The molecular weight excluding hydrogens is 510 g/mol. The van der Waals surface area contributed by atoms with E-state index in [1.807, 2.05) is 21.1 Å². The highest BCUT2D eigenvalue weighted by molar-refractivity contribution is 5.72. The largest absolute Gasteiger partial charge is 0.477 e. The summed E-state index contributed by atoms with van der Waals surface area (Å²) >= 11 is 0. The second-order valence-electron chi connectivity index (χ2n) is 12.1. The van der Waals surface area contributed by atoms with Gasteiger partial charge >= 0.3 is 17.9 Å². The molecule has 0 spiro atoms. The molecule has 236 valence electrons. The number of ether oxygens (including phenoxy) is 3. The Morgan fingerprint density at radius 2 is 1.10 bits per heavy atom. The average Bonchev–Trinajstić information content (AvgIpc) is 2.89. The first-order valence-electron chi connectivity index (χ1n) is 16.1. The number of esters is 2. The van der Waals surface area contributed by atoms with Gasteiger partial charge in [-0.15, -0.1) is 0 Å². The third-order valence-electron chi connectivity index (χ3n) is 7.26. The van der Waals surface area contributed by atoms with Gasteiger partial charge in [0.25, 0.3) is 0 Å². The summed E-state index contributed by atoms with van der Waals surface area (Å²) in [7, 11) is 5.50. The summed E-state index contributed by atoms with van der Waals surface area (Å²) in [5.41, 5.74) is 0. The number of quaternary nitrogens is 1. The van der Waals surface area contributed by atoms with Gasteiger partial charge in [0.1, 0.15) is 6.61 Å². The molecule has 0 aliphatic rings. The van der Waals surface area contributed by atoms with Crippen LogP contribution in [0.5, 0.6) is 0 Å². The van der Waals surface area contributed by atoms with Crippen LogP contribution in [0, 0.1) is 0 Å². The zero-order valence-corrected chi connectivity index (χ0v) is 26.6. The number of hydrogen-bond acceptors (Lipinski definition) is 6. The molecular formula is C32H62NO7+. The van der Waals surface area contributed by atoms with Crippen molar-refractivity contribution >= 4 is 17.9 Å². The van der Waals surface area contributed by atoms with Crippen molar-refractivity contribution in [3.63, 3.8) is 0 Å². The molecule has 40 heavy (non-hydrogen) atoms. The minimum absolute atomic E-state index is 0.0451. The second kappa shape index (κ2) is 25.1. The number of unbranched alkanes of at least 4 members (excludes halogenated alkanes) is 14. The van der Waals surface area contributed by atoms with E-state index in [-0.39, 0.29) is 36.2 Å². The van der Waals surface area contributed by atoms with E-state index in [9.17, 15) is 19.5 Å². The van der Waals surface area contributed by atoms with Crippen molar-refractivity contribution in [2.45, 2.75) is 148 Å². The molecule has 2 atom stereocenters. The monoisotopic (exact) mass is 572 g/mol. The third kappa shape index (κ3) is 23.1. The number of carboxylic acid groups (broad SMARTS) is 1. The first kappa shape index (κ1) is 38.3. The average molecular weight is 573 g/mol. The third-order valence-corrected chi connectivity index (χ3v) is 7.26. The number of carboxylic acids is 1. The molecule has 0 saturated heterocycles. The fraction of sp³-hybridized carbons (Fsp3) is 0.906. The van der Waals surface area contributed by atoms with Crippen LogP contribution in [0.15, 0.2) is 0 Å². The van der Waals surface area contributed by atoms with Gasteiger partial charge in [-0.05, 0) is 12.8 Å². The lowest BCUT2D eigenvalue weighted by molar-refractivity contribution is -0.887. The fourth-order valence-electron chi connectivity index (χ4n) is 4.68. The Bertz CT molecular complexity index is 648. The maximum absolute atomic E-state index is 12.4. The summed E-state index contributed by atoms with van der Waals surface area (Å²) in [6.07, 6.45) is 18.8. The number of likely N-dealkylation sites (N-methyl/N-ethyl adjacent to an activating group) is 1. The molecule has 0 bridgehead atoms. The van der Waals surface area contributed by atoms with Gasteiger partial charge in [-0.25, -0.2) is 4.79 Å². The lowest BCUT2D eigenvalue weighted by Gasteiger charge is -2.31. The van der Waals surface area contributed by atoms with Crippen LogP contribution in [0.25, 0.3) is 0 Å². The maximum atomic E-state index is 12.4. The fourth-order valence-corrected chi connectivity index (χ4v) is 4.68. The van der Waals surface area contributed by atoms with E-state index in [4.69, 9.17) is 14.2 Å². The molecule has 0 aromatic rings. The molecule has 8 nitrogen and oxygen atoms in total. The summed E-state index contributed by atoms with van der Waals surface area (Å²) < 4.78 is 17.0. The van der Waals surface area contributed by atoms with Gasteiger partial charge in [0.05, 0.1) is 34.4 Å². The summed E-state index contributed by atoms with van der Waals surface area (Å²) in [5, 5.41) is 9.50. The van der Waals surface area contributed by atoms with Crippen LogP contribution in [-0.4, -0.2) is 80.6 Å². The van der Waals surface area contributed by atoms with E-state index in [2.05, 4.69) is 13.8 Å². The Hall–Kier alpha value is -1.67. The van der Waals surface area contributed by atoms with Crippen molar-refractivity contribution in [2.75, 3.05) is 41.0 Å². The molecule has 0 amide bonds. The second-order valence-corrected chi connectivity index (χ2v) is 12.1. The van der Waals surface area contributed by atoms with Crippen molar-refractivity contribution in [1.82, 2.24) is 0 Å². The van der Waals surface area contributed by atoms with E-state index in [1.165, 1.54) is 64.2 Å². The highest BCUT2D eigenvalue weighted by Gasteiger charge is 2.31. The van der Waals surface area contributed by atoms with Crippen LogP contribution >= 0.6 is 0 Å². The molecule has 1 N–H and O–H groups in total. The minimum Gasteiger partial charge on any atom is -0.477 e. The van der Waals surface area contributed by atoms with E-state index < -0.39 is 18.1 Å². The molecule has 0 aliphatic carbocycles. The van der Waals surface area contributed by atoms with Crippen LogP contribution in [0.3, 0.4) is 0 Å². The van der Waals surface area contributed by atoms with Crippen LogP contribution in [-0.2, 0) is 28.6 Å². The van der Waals surface area contributed by atoms with Crippen molar-refractivity contribution < 1.29 is 38.2 Å². The van der Waals surface area contributed by atoms with Crippen LogP contribution in [0.2, 0.25) is 0 Å². The van der Waals surface area contributed by atoms with Gasteiger partial charge in [0.2, 0.25) is 0 Å². The molecule has 0 aliphatic heterocycles. The van der Waals surface area contributed by atoms with Gasteiger partial charge in [-0.3, -0.25) is 9.59 Å². The first-order valence-corrected chi connectivity index (χ1v) is 16.1. The smallest absolute Gasteiger partial charge is 0.362 e. The number of carbonyl (C=O) groups excluding carboxylic acids is 2. The Morgan fingerprint density at radius 1 is 0.650 bits per heavy atom. The molecule has 8 heteroatoms. The van der Waals surface area contributed by atoms with Crippen LogP contribution in [0.1, 0.15) is 136 Å². The molecule has 0 rings (SSSR count). The molecule has 0 aromatic carbocycles. The first-order chi connectivity index (χ1) is 19.1. The van der Waals surface area contributed by atoms with Crippen molar-refractivity contribution in [1.29, 1.82) is 0 Å². The Morgan fingerprint density at radius 3 is 1.55 bits per heavy atom. The maximum Gasteiger partial charge on any atom is 0.362 e. The normalized spacial score (nSPS) is 13.1. The minimum atomic E-state index is -0.876. The van der Waals surface area contributed by atoms with Crippen molar-refractivity contribution in [3.8, 4) is 0 Å². The van der Waals surface area contributed by atoms with Gasteiger partial charge < -0.3 is 23.8 Å². The number of hydrogen-bond donors (Lipinski definition) is 1. The lowest BCUT2D eigenvalue weighted by atomic mass is 10.1. The molecule has 0 radical (unpaired) electrons. The molecule has 0 aromatic heterocycles. The van der Waals surface area contributed by atoms with Crippen LogP contribution < -0.4 is 0 Å². The Labute approximate surface area is 245 Å². The summed E-state index contributed by atoms with van der Waals surface area (Å²) in [4.78, 5) is 36.3. The topological polar surface area (TPSA) is 99.1 Å². The number of carbonyl (C=O) groups is 3. The number of rotatable bonds is 28.